The number of rotatable bonds is 6. The molecule has 0 amide bonds. The number of ketones is 1. The molecule has 2 aliphatic rings. The highest BCUT2D eigenvalue weighted by atomic mass is 32.2. The molecule has 1 atom stereocenters. The van der Waals surface area contributed by atoms with E-state index in [4.69, 9.17) is 9.47 Å². The summed E-state index contributed by atoms with van der Waals surface area (Å²) in [7, 11) is 0. The lowest BCUT2D eigenvalue weighted by Gasteiger charge is -2.27. The lowest BCUT2D eigenvalue weighted by atomic mass is 10.2. The van der Waals surface area contributed by atoms with Crippen molar-refractivity contribution in [1.29, 1.82) is 0 Å². The number of nitrogens with zero attached hydrogens (tertiary/aromatic N) is 1. The van der Waals surface area contributed by atoms with Gasteiger partial charge in [-0.2, -0.15) is 11.8 Å². The molecule has 144 valence electrons. The highest BCUT2D eigenvalue weighted by Gasteiger charge is 2.24. The molecule has 1 aromatic carbocycles. The number of aryl methyl sites for hydroxylation is 1. The number of aromatic nitrogens is 1. The van der Waals surface area contributed by atoms with Crippen molar-refractivity contribution in [1.82, 2.24) is 4.57 Å². The van der Waals surface area contributed by atoms with E-state index < -0.39 is 0 Å². The predicted molar refractivity (Wildman–Crippen MR) is 109 cm³/mol. The maximum absolute atomic E-state index is 12.8. The van der Waals surface area contributed by atoms with Crippen molar-refractivity contribution in [2.24, 2.45) is 0 Å². The average molecular weight is 386 g/mol. The van der Waals surface area contributed by atoms with E-state index in [0.717, 1.165) is 28.5 Å². The zero-order valence-corrected chi connectivity index (χ0v) is 16.9. The first-order valence-electron chi connectivity index (χ1n) is 9.82. The molecule has 27 heavy (non-hydrogen) atoms. The lowest BCUT2D eigenvalue weighted by Crippen LogP contribution is -2.33. The minimum Gasteiger partial charge on any atom is -0.486 e. The van der Waals surface area contributed by atoms with Crippen LogP contribution in [0, 0.1) is 13.8 Å². The molecular weight excluding hydrogens is 358 g/mol. The van der Waals surface area contributed by atoms with Gasteiger partial charge in [0.15, 0.2) is 23.4 Å². The van der Waals surface area contributed by atoms with Gasteiger partial charge in [0.2, 0.25) is 0 Å². The van der Waals surface area contributed by atoms with Gasteiger partial charge < -0.3 is 14.0 Å². The van der Waals surface area contributed by atoms with Gasteiger partial charge in [-0.25, -0.2) is 0 Å². The lowest BCUT2D eigenvalue weighted by molar-refractivity contribution is 0.0777. The van der Waals surface area contributed by atoms with Crippen LogP contribution in [0.2, 0.25) is 0 Å². The normalized spacial score (nSPS) is 19.4. The molecule has 0 bridgehead atoms. The van der Waals surface area contributed by atoms with Crippen LogP contribution in [0.4, 0.5) is 0 Å². The Morgan fingerprint density at radius 1 is 1.19 bits per heavy atom. The second-order valence-electron chi connectivity index (χ2n) is 7.53. The molecule has 1 aromatic heterocycles. The van der Waals surface area contributed by atoms with E-state index in [2.05, 4.69) is 11.5 Å². The minimum atomic E-state index is -0.0551. The van der Waals surface area contributed by atoms with E-state index in [9.17, 15) is 4.79 Å². The summed E-state index contributed by atoms with van der Waals surface area (Å²) in [6.45, 7) is 5.31. The number of hydrogen-bond acceptors (Lipinski definition) is 4. The number of Topliss-reactive ketones (excluding diaryl/α,β-unsaturated/α-hetero) is 1. The fourth-order valence-electron chi connectivity index (χ4n) is 4.05. The average Bonchev–Trinajstić information content (AvgIpc) is 3.30. The van der Waals surface area contributed by atoms with E-state index in [1.54, 1.807) is 0 Å². The second-order valence-corrected chi connectivity index (χ2v) is 8.82. The van der Waals surface area contributed by atoms with Crippen LogP contribution < -0.4 is 9.47 Å². The maximum Gasteiger partial charge on any atom is 0.174 e. The van der Waals surface area contributed by atoms with Crippen LogP contribution in [-0.2, 0) is 6.54 Å². The van der Waals surface area contributed by atoms with Crippen molar-refractivity contribution in [3.05, 3.63) is 47.3 Å². The first-order chi connectivity index (χ1) is 13.1. The third kappa shape index (κ3) is 4.03. The molecule has 4 nitrogen and oxygen atoms in total. The second kappa shape index (κ2) is 8.01. The van der Waals surface area contributed by atoms with Crippen LogP contribution >= 0.6 is 11.8 Å². The summed E-state index contributed by atoms with van der Waals surface area (Å²) in [6, 6.07) is 9.80. The Bertz CT molecular complexity index is 823. The summed E-state index contributed by atoms with van der Waals surface area (Å²) >= 11 is 1.84. The Kier molecular flexibility index (Phi) is 5.48. The van der Waals surface area contributed by atoms with Gasteiger partial charge in [0.05, 0.1) is 12.3 Å². The largest absolute Gasteiger partial charge is 0.486 e. The molecule has 4 rings (SSSR count). The summed E-state index contributed by atoms with van der Waals surface area (Å²) in [4.78, 5) is 12.8. The Labute approximate surface area is 165 Å². The molecule has 1 fully saturated rings. The number of para-hydroxylation sites is 2. The van der Waals surface area contributed by atoms with Gasteiger partial charge in [0.25, 0.3) is 0 Å². The number of fused-ring (bicyclic) bond motifs is 1. The highest BCUT2D eigenvalue weighted by Crippen LogP contribution is 2.32. The van der Waals surface area contributed by atoms with E-state index in [1.807, 2.05) is 49.0 Å². The number of carbonyl (C=O) groups is 1. The molecule has 0 saturated heterocycles. The molecule has 5 heteroatoms. The zero-order chi connectivity index (χ0) is 18.8. The zero-order valence-electron chi connectivity index (χ0n) is 16.1. The summed E-state index contributed by atoms with van der Waals surface area (Å²) < 4.78 is 14.1. The molecule has 1 saturated carbocycles. The Morgan fingerprint density at radius 2 is 1.93 bits per heavy atom. The standard InChI is InChI=1S/C22H27NO3S/c1-15-11-19(20(24)14-27-18-7-3-4-8-18)16(2)23(15)12-17-13-25-21-9-5-6-10-22(21)26-17/h5-6,9-11,17-18H,3-4,7-8,12-14H2,1-2H3/t17-/m0/s1. The Morgan fingerprint density at radius 3 is 2.70 bits per heavy atom. The van der Waals surface area contributed by atoms with Gasteiger partial charge >= 0.3 is 0 Å². The first-order valence-corrected chi connectivity index (χ1v) is 10.9. The van der Waals surface area contributed by atoms with Crippen molar-refractivity contribution in [3.8, 4) is 11.5 Å². The molecule has 1 aliphatic carbocycles. The minimum absolute atomic E-state index is 0.0551. The fourth-order valence-corrected chi connectivity index (χ4v) is 5.26. The molecule has 0 spiro atoms. The summed E-state index contributed by atoms with van der Waals surface area (Å²) in [5.41, 5.74) is 2.99. The van der Waals surface area contributed by atoms with Crippen molar-refractivity contribution < 1.29 is 14.3 Å². The first kappa shape index (κ1) is 18.5. The van der Waals surface area contributed by atoms with Crippen molar-refractivity contribution in [2.75, 3.05) is 12.4 Å². The molecule has 2 heterocycles. The van der Waals surface area contributed by atoms with Gasteiger partial charge in [0.1, 0.15) is 6.61 Å². The topological polar surface area (TPSA) is 40.5 Å². The maximum atomic E-state index is 12.8. The van der Waals surface area contributed by atoms with Gasteiger partial charge in [0, 0.05) is 22.2 Å². The monoisotopic (exact) mass is 385 g/mol. The predicted octanol–water partition coefficient (Wildman–Crippen LogP) is 4.80. The number of hydrogen-bond donors (Lipinski definition) is 0. The molecule has 1 aliphatic heterocycles. The Balaban J connectivity index is 1.42. The van der Waals surface area contributed by atoms with Crippen LogP contribution in [-0.4, -0.2) is 34.1 Å². The van der Waals surface area contributed by atoms with Crippen molar-refractivity contribution in [2.45, 2.75) is 57.4 Å². The number of benzene rings is 1. The summed E-state index contributed by atoms with van der Waals surface area (Å²) in [6.07, 6.45) is 5.09. The van der Waals surface area contributed by atoms with Crippen LogP contribution in [0.15, 0.2) is 30.3 Å². The van der Waals surface area contributed by atoms with E-state index in [-0.39, 0.29) is 11.9 Å². The van der Waals surface area contributed by atoms with E-state index >= 15 is 0 Å². The quantitative estimate of drug-likeness (QED) is 0.670. The van der Waals surface area contributed by atoms with Crippen LogP contribution in [0.5, 0.6) is 11.5 Å². The molecule has 0 N–H and O–H groups in total. The van der Waals surface area contributed by atoms with Gasteiger partial charge in [-0.15, -0.1) is 0 Å². The van der Waals surface area contributed by atoms with Crippen LogP contribution in [0.1, 0.15) is 47.4 Å². The molecular formula is C22H27NO3S. The van der Waals surface area contributed by atoms with Crippen LogP contribution in [0.25, 0.3) is 0 Å². The van der Waals surface area contributed by atoms with Gasteiger partial charge in [-0.1, -0.05) is 25.0 Å². The van der Waals surface area contributed by atoms with Gasteiger partial charge in [-0.3, -0.25) is 4.79 Å². The van der Waals surface area contributed by atoms with Crippen molar-refractivity contribution >= 4 is 17.5 Å². The van der Waals surface area contributed by atoms with E-state index in [1.165, 1.54) is 25.7 Å². The Hall–Kier alpha value is -1.88. The number of carbonyl (C=O) groups excluding carboxylic acids is 1. The number of ether oxygens (including phenoxy) is 2. The van der Waals surface area contributed by atoms with Gasteiger partial charge in [-0.05, 0) is 44.9 Å². The van der Waals surface area contributed by atoms with Crippen LogP contribution in [0.3, 0.4) is 0 Å². The molecule has 0 unspecified atom stereocenters. The van der Waals surface area contributed by atoms with Crippen molar-refractivity contribution in [3.63, 3.8) is 0 Å². The number of thioether (sulfide) groups is 1. The third-order valence-electron chi connectivity index (χ3n) is 5.58. The summed E-state index contributed by atoms with van der Waals surface area (Å²) in [5, 5.41) is 0.672. The highest BCUT2D eigenvalue weighted by molar-refractivity contribution is 8.00. The third-order valence-corrected chi connectivity index (χ3v) is 6.95. The molecule has 2 aromatic rings. The fraction of sp³-hybridized carbons (Fsp3) is 0.500. The summed E-state index contributed by atoms with van der Waals surface area (Å²) in [5.74, 6) is 2.43. The van der Waals surface area contributed by atoms with E-state index in [0.29, 0.717) is 24.2 Å². The smallest absolute Gasteiger partial charge is 0.174 e. The SMILES string of the molecule is Cc1cc(C(=O)CSC2CCCC2)c(C)n1C[C@H]1COc2ccccc2O1. The molecule has 0 radical (unpaired) electrons.